The molecule has 1 amide bonds. The van der Waals surface area contributed by atoms with E-state index in [9.17, 15) is 19.7 Å². The van der Waals surface area contributed by atoms with Crippen molar-refractivity contribution in [1.29, 1.82) is 0 Å². The van der Waals surface area contributed by atoms with Crippen LogP contribution in [0.2, 0.25) is 0 Å². The van der Waals surface area contributed by atoms with Gasteiger partial charge in [0, 0.05) is 25.2 Å². The summed E-state index contributed by atoms with van der Waals surface area (Å²) < 4.78 is 4.95. The number of rotatable bonds is 4. The fraction of sp³-hybridized carbons (Fsp3) is 0.467. The van der Waals surface area contributed by atoms with Crippen LogP contribution in [0.4, 0.5) is 5.69 Å². The number of amides is 1. The van der Waals surface area contributed by atoms with Crippen molar-refractivity contribution < 1.29 is 19.2 Å². The van der Waals surface area contributed by atoms with Crippen LogP contribution in [0.3, 0.4) is 0 Å². The fourth-order valence-electron chi connectivity index (χ4n) is 2.31. The third-order valence-corrected chi connectivity index (χ3v) is 3.76. The summed E-state index contributed by atoms with van der Waals surface area (Å²) in [5.41, 5.74) is -0.125. The van der Waals surface area contributed by atoms with E-state index in [1.807, 2.05) is 0 Å². The van der Waals surface area contributed by atoms with E-state index in [0.717, 1.165) is 18.9 Å². The Kier molecular flexibility index (Phi) is 5.08. The minimum absolute atomic E-state index is 0.0641. The second-order valence-electron chi connectivity index (χ2n) is 5.45. The SMILES string of the molecule is CC1CCN(C(=O)COC(=O)c2cccc([N+](=O)[O-])c2)CC1. The second kappa shape index (κ2) is 7.02. The lowest BCUT2D eigenvalue weighted by atomic mass is 9.99. The lowest BCUT2D eigenvalue weighted by molar-refractivity contribution is -0.384. The van der Waals surface area contributed by atoms with Gasteiger partial charge in [-0.05, 0) is 24.8 Å². The summed E-state index contributed by atoms with van der Waals surface area (Å²) in [6, 6.07) is 5.25. The normalized spacial score (nSPS) is 15.4. The number of nitro groups is 1. The van der Waals surface area contributed by atoms with Gasteiger partial charge in [-0.1, -0.05) is 13.0 Å². The van der Waals surface area contributed by atoms with Gasteiger partial charge in [-0.15, -0.1) is 0 Å². The molecule has 0 aliphatic carbocycles. The zero-order valence-corrected chi connectivity index (χ0v) is 12.4. The Morgan fingerprint density at radius 1 is 1.36 bits per heavy atom. The second-order valence-corrected chi connectivity index (χ2v) is 5.45. The van der Waals surface area contributed by atoms with E-state index in [1.54, 1.807) is 4.90 Å². The van der Waals surface area contributed by atoms with E-state index < -0.39 is 10.9 Å². The smallest absolute Gasteiger partial charge is 0.338 e. The Hall–Kier alpha value is -2.44. The molecule has 0 bridgehead atoms. The first-order valence-electron chi connectivity index (χ1n) is 7.16. The number of carbonyl (C=O) groups excluding carboxylic acids is 2. The molecule has 0 saturated carbocycles. The Morgan fingerprint density at radius 2 is 2.05 bits per heavy atom. The van der Waals surface area contributed by atoms with Gasteiger partial charge in [0.1, 0.15) is 0 Å². The van der Waals surface area contributed by atoms with Gasteiger partial charge in [0.2, 0.25) is 0 Å². The first-order valence-corrected chi connectivity index (χ1v) is 7.16. The van der Waals surface area contributed by atoms with E-state index >= 15 is 0 Å². The average molecular weight is 306 g/mol. The maximum Gasteiger partial charge on any atom is 0.338 e. The van der Waals surface area contributed by atoms with Crippen molar-refractivity contribution in [1.82, 2.24) is 4.90 Å². The number of esters is 1. The summed E-state index contributed by atoms with van der Waals surface area (Å²) in [5.74, 6) is -0.357. The van der Waals surface area contributed by atoms with E-state index in [0.29, 0.717) is 19.0 Å². The molecule has 0 N–H and O–H groups in total. The van der Waals surface area contributed by atoms with Crippen molar-refractivity contribution in [3.63, 3.8) is 0 Å². The van der Waals surface area contributed by atoms with Crippen LogP contribution in [0.15, 0.2) is 24.3 Å². The third-order valence-electron chi connectivity index (χ3n) is 3.76. The van der Waals surface area contributed by atoms with Gasteiger partial charge in [0.25, 0.3) is 11.6 Å². The van der Waals surface area contributed by atoms with Crippen LogP contribution in [0.1, 0.15) is 30.1 Å². The molecular formula is C15H18N2O5. The standard InChI is InChI=1S/C15H18N2O5/c1-11-5-7-16(8-6-11)14(18)10-22-15(19)12-3-2-4-13(9-12)17(20)21/h2-4,9,11H,5-8,10H2,1H3. The number of nitrogens with zero attached hydrogens (tertiary/aromatic N) is 2. The Morgan fingerprint density at radius 3 is 2.68 bits per heavy atom. The molecule has 1 heterocycles. The molecule has 1 aromatic carbocycles. The van der Waals surface area contributed by atoms with Gasteiger partial charge in [0.15, 0.2) is 6.61 Å². The highest BCUT2D eigenvalue weighted by atomic mass is 16.6. The fourth-order valence-corrected chi connectivity index (χ4v) is 2.31. The van der Waals surface area contributed by atoms with Crippen LogP contribution >= 0.6 is 0 Å². The predicted octanol–water partition coefficient (Wildman–Crippen LogP) is 2.01. The minimum Gasteiger partial charge on any atom is -0.452 e. The Bertz CT molecular complexity index is 579. The predicted molar refractivity (Wildman–Crippen MR) is 78.4 cm³/mol. The summed E-state index contributed by atoms with van der Waals surface area (Å²) >= 11 is 0. The molecule has 2 rings (SSSR count). The van der Waals surface area contributed by atoms with Crippen molar-refractivity contribution in [3.8, 4) is 0 Å². The van der Waals surface area contributed by atoms with Crippen LogP contribution < -0.4 is 0 Å². The van der Waals surface area contributed by atoms with E-state index in [4.69, 9.17) is 4.74 Å². The van der Waals surface area contributed by atoms with Crippen LogP contribution in [-0.4, -0.2) is 41.4 Å². The summed E-state index contributed by atoms with van der Waals surface area (Å²) in [6.45, 7) is 3.16. The number of benzene rings is 1. The molecular weight excluding hydrogens is 288 g/mol. The summed E-state index contributed by atoms with van der Waals surface area (Å²) in [5, 5.41) is 10.7. The molecule has 22 heavy (non-hydrogen) atoms. The molecule has 7 nitrogen and oxygen atoms in total. The molecule has 1 aromatic rings. The maximum atomic E-state index is 12.0. The lowest BCUT2D eigenvalue weighted by Gasteiger charge is -2.30. The van der Waals surface area contributed by atoms with Gasteiger partial charge in [-0.3, -0.25) is 14.9 Å². The monoisotopic (exact) mass is 306 g/mol. The van der Waals surface area contributed by atoms with Crippen molar-refractivity contribution >= 4 is 17.6 Å². The first kappa shape index (κ1) is 15.9. The molecule has 0 spiro atoms. The molecule has 7 heteroatoms. The summed E-state index contributed by atoms with van der Waals surface area (Å²) in [4.78, 5) is 35.6. The molecule has 1 fully saturated rings. The van der Waals surface area contributed by atoms with E-state index in [1.165, 1.54) is 18.2 Å². The maximum absolute atomic E-state index is 12.0. The molecule has 1 aliphatic rings. The van der Waals surface area contributed by atoms with Gasteiger partial charge in [-0.25, -0.2) is 4.79 Å². The summed E-state index contributed by atoms with van der Waals surface area (Å²) in [7, 11) is 0. The van der Waals surface area contributed by atoms with Gasteiger partial charge in [0.05, 0.1) is 10.5 Å². The zero-order valence-electron chi connectivity index (χ0n) is 12.4. The molecule has 0 aromatic heterocycles. The van der Waals surface area contributed by atoms with Crippen molar-refractivity contribution in [3.05, 3.63) is 39.9 Å². The zero-order chi connectivity index (χ0) is 16.1. The molecule has 1 aliphatic heterocycles. The van der Waals surface area contributed by atoms with Gasteiger partial charge < -0.3 is 9.64 Å². The van der Waals surface area contributed by atoms with Gasteiger partial charge >= 0.3 is 5.97 Å². The lowest BCUT2D eigenvalue weighted by Crippen LogP contribution is -2.40. The first-order chi connectivity index (χ1) is 10.5. The topological polar surface area (TPSA) is 89.8 Å². The van der Waals surface area contributed by atoms with Crippen molar-refractivity contribution in [2.45, 2.75) is 19.8 Å². The average Bonchev–Trinajstić information content (AvgIpc) is 2.53. The van der Waals surface area contributed by atoms with Gasteiger partial charge in [-0.2, -0.15) is 0 Å². The molecule has 0 atom stereocenters. The van der Waals surface area contributed by atoms with Crippen LogP contribution in [0, 0.1) is 16.0 Å². The number of carbonyl (C=O) groups is 2. The number of nitro benzene ring substituents is 1. The number of likely N-dealkylation sites (tertiary alicyclic amines) is 1. The molecule has 0 unspecified atom stereocenters. The van der Waals surface area contributed by atoms with Crippen LogP contribution in [0.5, 0.6) is 0 Å². The number of non-ortho nitro benzene ring substituents is 1. The van der Waals surface area contributed by atoms with Crippen LogP contribution in [-0.2, 0) is 9.53 Å². The van der Waals surface area contributed by atoms with Crippen molar-refractivity contribution in [2.24, 2.45) is 5.92 Å². The van der Waals surface area contributed by atoms with E-state index in [-0.39, 0.29) is 23.8 Å². The summed E-state index contributed by atoms with van der Waals surface area (Å²) in [6.07, 6.45) is 1.90. The highest BCUT2D eigenvalue weighted by molar-refractivity contribution is 5.91. The van der Waals surface area contributed by atoms with Crippen LogP contribution in [0.25, 0.3) is 0 Å². The largest absolute Gasteiger partial charge is 0.452 e. The Labute approximate surface area is 128 Å². The highest BCUT2D eigenvalue weighted by Crippen LogP contribution is 2.16. The highest BCUT2D eigenvalue weighted by Gasteiger charge is 2.21. The third kappa shape index (κ3) is 4.03. The molecule has 118 valence electrons. The van der Waals surface area contributed by atoms with Crippen molar-refractivity contribution in [2.75, 3.05) is 19.7 Å². The number of ether oxygens (including phenoxy) is 1. The number of piperidine rings is 1. The minimum atomic E-state index is -0.734. The molecule has 0 radical (unpaired) electrons. The Balaban J connectivity index is 1.88. The number of hydrogen-bond acceptors (Lipinski definition) is 5. The molecule has 1 saturated heterocycles. The van der Waals surface area contributed by atoms with E-state index in [2.05, 4.69) is 6.92 Å². The quantitative estimate of drug-likeness (QED) is 0.482. The number of hydrogen-bond donors (Lipinski definition) is 0.